The van der Waals surface area contributed by atoms with Crippen LogP contribution < -0.4 is 9.47 Å². The Bertz CT molecular complexity index is 853. The topological polar surface area (TPSA) is 83.5 Å². The molecule has 2 rings (SSSR count). The van der Waals surface area contributed by atoms with E-state index in [4.69, 9.17) is 23.7 Å². The van der Waals surface area contributed by atoms with Gasteiger partial charge in [-0.25, -0.2) is 4.79 Å². The summed E-state index contributed by atoms with van der Waals surface area (Å²) in [4.78, 5) is 11.4. The highest BCUT2D eigenvalue weighted by atomic mass is 16.5. The number of carboxylic acids is 1. The second kappa shape index (κ2) is 13.2. The molecule has 0 amide bonds. The first-order chi connectivity index (χ1) is 14.7. The second-order valence-electron chi connectivity index (χ2n) is 6.07. The molecule has 0 spiro atoms. The van der Waals surface area contributed by atoms with Crippen molar-refractivity contribution in [3.8, 4) is 23.3 Å². The van der Waals surface area contributed by atoms with Gasteiger partial charge in [-0.15, -0.1) is 0 Å². The molecule has 2 aromatic rings. The van der Waals surface area contributed by atoms with Gasteiger partial charge in [0.05, 0.1) is 47.3 Å². The highest BCUT2D eigenvalue weighted by Gasteiger charge is 2.17. The van der Waals surface area contributed by atoms with Crippen molar-refractivity contribution in [2.24, 2.45) is 0 Å². The van der Waals surface area contributed by atoms with E-state index >= 15 is 0 Å². The predicted octanol–water partition coefficient (Wildman–Crippen LogP) is 3.00. The zero-order valence-electron chi connectivity index (χ0n) is 17.2. The minimum Gasteiger partial charge on any atom is -0.493 e. The van der Waals surface area contributed by atoms with Gasteiger partial charge in [-0.3, -0.25) is 0 Å². The van der Waals surface area contributed by atoms with Crippen LogP contribution in [0.2, 0.25) is 0 Å². The molecule has 0 radical (unpaired) electrons. The molecule has 7 nitrogen and oxygen atoms in total. The van der Waals surface area contributed by atoms with Crippen molar-refractivity contribution >= 4 is 5.97 Å². The molecular formula is C23H26O7. The van der Waals surface area contributed by atoms with Crippen LogP contribution in [0.5, 0.6) is 11.5 Å². The number of methoxy groups -OCH3 is 2. The summed E-state index contributed by atoms with van der Waals surface area (Å²) < 4.78 is 26.7. The molecule has 7 heteroatoms. The molecule has 0 aliphatic carbocycles. The smallest absolute Gasteiger partial charge is 0.339 e. The van der Waals surface area contributed by atoms with Gasteiger partial charge in [-0.2, -0.15) is 0 Å². The number of ether oxygens (including phenoxy) is 5. The van der Waals surface area contributed by atoms with Crippen LogP contribution in [0.4, 0.5) is 0 Å². The molecular weight excluding hydrogens is 388 g/mol. The van der Waals surface area contributed by atoms with Gasteiger partial charge in [0.15, 0.2) is 11.5 Å². The lowest BCUT2D eigenvalue weighted by atomic mass is 10.1. The normalized spacial score (nSPS) is 10.2. The van der Waals surface area contributed by atoms with Crippen LogP contribution in [-0.2, 0) is 20.8 Å². The van der Waals surface area contributed by atoms with Crippen LogP contribution in [0.3, 0.4) is 0 Å². The fourth-order valence-corrected chi connectivity index (χ4v) is 2.56. The molecule has 30 heavy (non-hydrogen) atoms. The molecule has 0 saturated heterocycles. The maximum absolute atomic E-state index is 11.4. The van der Waals surface area contributed by atoms with Crippen LogP contribution in [0.25, 0.3) is 0 Å². The quantitative estimate of drug-likeness (QED) is 0.422. The highest BCUT2D eigenvalue weighted by molar-refractivity contribution is 5.92. The van der Waals surface area contributed by atoms with Crippen molar-refractivity contribution in [1.29, 1.82) is 0 Å². The van der Waals surface area contributed by atoms with Crippen molar-refractivity contribution in [1.82, 2.24) is 0 Å². The van der Waals surface area contributed by atoms with Crippen LogP contribution in [0.1, 0.15) is 21.5 Å². The van der Waals surface area contributed by atoms with Crippen molar-refractivity contribution < 1.29 is 33.6 Å². The van der Waals surface area contributed by atoms with E-state index in [1.54, 1.807) is 6.07 Å². The van der Waals surface area contributed by atoms with Crippen molar-refractivity contribution in [3.63, 3.8) is 0 Å². The predicted molar refractivity (Wildman–Crippen MR) is 111 cm³/mol. The van der Waals surface area contributed by atoms with Gasteiger partial charge < -0.3 is 28.8 Å². The molecule has 0 saturated carbocycles. The Morgan fingerprint density at radius 1 is 0.933 bits per heavy atom. The summed E-state index contributed by atoms with van der Waals surface area (Å²) in [5.74, 6) is 5.07. The first-order valence-corrected chi connectivity index (χ1v) is 9.41. The van der Waals surface area contributed by atoms with Gasteiger partial charge in [0.2, 0.25) is 0 Å². The van der Waals surface area contributed by atoms with Crippen LogP contribution in [0.15, 0.2) is 42.5 Å². The highest BCUT2D eigenvalue weighted by Crippen LogP contribution is 2.32. The van der Waals surface area contributed by atoms with Gasteiger partial charge in [-0.05, 0) is 17.7 Å². The largest absolute Gasteiger partial charge is 0.493 e. The maximum Gasteiger partial charge on any atom is 0.339 e. The van der Waals surface area contributed by atoms with Gasteiger partial charge in [0.25, 0.3) is 0 Å². The van der Waals surface area contributed by atoms with E-state index in [0.717, 1.165) is 5.56 Å². The minimum atomic E-state index is -1.12. The minimum absolute atomic E-state index is 0.00930. The fourth-order valence-electron chi connectivity index (χ4n) is 2.56. The summed E-state index contributed by atoms with van der Waals surface area (Å²) in [6.07, 6.45) is 0. The van der Waals surface area contributed by atoms with Crippen molar-refractivity contribution in [2.75, 3.05) is 47.3 Å². The third-order valence-electron chi connectivity index (χ3n) is 3.97. The average Bonchev–Trinajstić information content (AvgIpc) is 2.77. The summed E-state index contributed by atoms with van der Waals surface area (Å²) in [6, 6.07) is 13.0. The molecule has 2 aromatic carbocycles. The summed E-state index contributed by atoms with van der Waals surface area (Å²) >= 11 is 0. The molecule has 0 atom stereocenters. The summed E-state index contributed by atoms with van der Waals surface area (Å²) in [7, 11) is 2.83. The second-order valence-corrected chi connectivity index (χ2v) is 6.07. The zero-order valence-corrected chi connectivity index (χ0v) is 17.2. The van der Waals surface area contributed by atoms with Gasteiger partial charge in [-0.1, -0.05) is 42.2 Å². The Morgan fingerprint density at radius 3 is 2.30 bits per heavy atom. The summed E-state index contributed by atoms with van der Waals surface area (Å²) in [6.45, 7) is 2.61. The molecule has 0 fully saturated rings. The lowest BCUT2D eigenvalue weighted by Gasteiger charge is -2.10. The van der Waals surface area contributed by atoms with E-state index in [1.165, 1.54) is 20.3 Å². The third-order valence-corrected chi connectivity index (χ3v) is 3.97. The van der Waals surface area contributed by atoms with Crippen molar-refractivity contribution in [3.05, 3.63) is 59.2 Å². The average molecular weight is 414 g/mol. The van der Waals surface area contributed by atoms with E-state index < -0.39 is 5.97 Å². The third kappa shape index (κ3) is 7.76. The number of hydrogen-bond donors (Lipinski definition) is 1. The number of hydrogen-bond acceptors (Lipinski definition) is 6. The SMILES string of the molecule is COc1cc(C#CCOCCOCCOCc2ccccc2)cc(C(=O)O)c1OC. The molecule has 160 valence electrons. The van der Waals surface area contributed by atoms with Gasteiger partial charge in [0, 0.05) is 5.56 Å². The first-order valence-electron chi connectivity index (χ1n) is 9.41. The monoisotopic (exact) mass is 414 g/mol. The number of carboxylic acid groups (broad SMARTS) is 1. The Balaban J connectivity index is 1.64. The number of carbonyl (C=O) groups is 1. The van der Waals surface area contributed by atoms with Crippen LogP contribution >= 0.6 is 0 Å². The van der Waals surface area contributed by atoms with Crippen LogP contribution in [-0.4, -0.2) is 58.3 Å². The van der Waals surface area contributed by atoms with E-state index in [9.17, 15) is 9.90 Å². The van der Waals surface area contributed by atoms with Gasteiger partial charge in [0.1, 0.15) is 12.2 Å². The number of benzene rings is 2. The van der Waals surface area contributed by atoms with Crippen molar-refractivity contribution in [2.45, 2.75) is 6.61 Å². The number of rotatable bonds is 12. The van der Waals surface area contributed by atoms with E-state index in [-0.39, 0.29) is 17.9 Å². The summed E-state index contributed by atoms with van der Waals surface area (Å²) in [5, 5.41) is 9.31. The molecule has 0 bridgehead atoms. The number of aromatic carboxylic acids is 1. The molecule has 0 unspecified atom stereocenters. The van der Waals surface area contributed by atoms with E-state index in [0.29, 0.717) is 44.3 Å². The van der Waals surface area contributed by atoms with E-state index in [1.807, 2.05) is 30.3 Å². The molecule has 1 N–H and O–H groups in total. The van der Waals surface area contributed by atoms with Gasteiger partial charge >= 0.3 is 5.97 Å². The van der Waals surface area contributed by atoms with E-state index in [2.05, 4.69) is 11.8 Å². The Morgan fingerprint density at radius 2 is 1.63 bits per heavy atom. The Kier molecular flexibility index (Phi) is 10.2. The maximum atomic E-state index is 11.4. The molecule has 0 aliphatic heterocycles. The molecule has 0 aromatic heterocycles. The Hall–Kier alpha value is -3.05. The zero-order chi connectivity index (χ0) is 21.6. The lowest BCUT2D eigenvalue weighted by molar-refractivity contribution is 0.0158. The standard InChI is InChI=1S/C23H26O7/c1-26-21-16-19(15-20(23(24)25)22(21)27-2)9-6-10-28-11-12-29-13-14-30-17-18-7-4-3-5-8-18/h3-5,7-8,15-16H,10-14,17H2,1-2H3,(H,24,25). The molecule has 0 heterocycles. The Labute approximate surface area is 176 Å². The summed E-state index contributed by atoms with van der Waals surface area (Å²) in [5.41, 5.74) is 1.62. The molecule has 0 aliphatic rings. The first kappa shape index (κ1) is 23.2. The van der Waals surface area contributed by atoms with Crippen LogP contribution in [0, 0.1) is 11.8 Å². The lowest BCUT2D eigenvalue weighted by Crippen LogP contribution is -2.09. The fraction of sp³-hybridized carbons (Fsp3) is 0.348.